The highest BCUT2D eigenvalue weighted by atomic mass is 32.2. The van der Waals surface area contributed by atoms with Crippen LogP contribution in [0.5, 0.6) is 0 Å². The third-order valence-electron chi connectivity index (χ3n) is 3.16. The van der Waals surface area contributed by atoms with Gasteiger partial charge in [-0.2, -0.15) is 5.26 Å². The fourth-order valence-corrected chi connectivity index (χ4v) is 2.87. The van der Waals surface area contributed by atoms with Gasteiger partial charge in [0.2, 0.25) is 11.8 Å². The number of nitriles is 1. The normalized spacial score (nSPS) is 11.2. The summed E-state index contributed by atoms with van der Waals surface area (Å²) in [5.74, 6) is -0.298. The van der Waals surface area contributed by atoms with Crippen LogP contribution in [0, 0.1) is 11.3 Å². The SMILES string of the molecule is CC(=O)Nc1ccc(SC(C)C(=O)Nc2ccccc2C#N)cc1. The molecule has 0 aliphatic heterocycles. The van der Waals surface area contributed by atoms with Crippen LogP contribution in [0.25, 0.3) is 0 Å². The summed E-state index contributed by atoms with van der Waals surface area (Å²) < 4.78 is 0. The topological polar surface area (TPSA) is 82.0 Å². The molecule has 1 atom stereocenters. The molecule has 0 aliphatic rings. The highest BCUT2D eigenvalue weighted by molar-refractivity contribution is 8.00. The smallest absolute Gasteiger partial charge is 0.237 e. The van der Waals surface area contributed by atoms with E-state index in [2.05, 4.69) is 16.7 Å². The van der Waals surface area contributed by atoms with Gasteiger partial charge in [-0.3, -0.25) is 9.59 Å². The number of benzene rings is 2. The minimum absolute atomic E-state index is 0.126. The molecule has 1 unspecified atom stereocenters. The monoisotopic (exact) mass is 339 g/mol. The molecule has 0 bridgehead atoms. The molecule has 2 aromatic carbocycles. The summed E-state index contributed by atoms with van der Waals surface area (Å²) in [6.07, 6.45) is 0. The van der Waals surface area contributed by atoms with Gasteiger partial charge in [0.1, 0.15) is 6.07 Å². The lowest BCUT2D eigenvalue weighted by Crippen LogP contribution is -2.22. The van der Waals surface area contributed by atoms with E-state index in [1.807, 2.05) is 12.1 Å². The van der Waals surface area contributed by atoms with E-state index >= 15 is 0 Å². The Kier molecular flexibility index (Phi) is 5.99. The number of carbonyl (C=O) groups is 2. The molecule has 2 amide bonds. The van der Waals surface area contributed by atoms with Crippen LogP contribution < -0.4 is 10.6 Å². The molecular weight excluding hydrogens is 322 g/mol. The first-order valence-corrected chi connectivity index (χ1v) is 8.22. The van der Waals surface area contributed by atoms with Gasteiger partial charge >= 0.3 is 0 Å². The second kappa shape index (κ2) is 8.18. The lowest BCUT2D eigenvalue weighted by Gasteiger charge is -2.13. The second-order valence-corrected chi connectivity index (χ2v) is 6.53. The van der Waals surface area contributed by atoms with E-state index < -0.39 is 0 Å². The van der Waals surface area contributed by atoms with Gasteiger partial charge in [0.15, 0.2) is 0 Å². The van der Waals surface area contributed by atoms with Crippen LogP contribution >= 0.6 is 11.8 Å². The van der Waals surface area contributed by atoms with Crippen molar-refractivity contribution in [3.05, 3.63) is 54.1 Å². The average molecular weight is 339 g/mol. The molecular formula is C18H17N3O2S. The molecule has 5 nitrogen and oxygen atoms in total. The van der Waals surface area contributed by atoms with Crippen molar-refractivity contribution in [3.63, 3.8) is 0 Å². The predicted octanol–water partition coefficient (Wildman–Crippen LogP) is 3.64. The maximum Gasteiger partial charge on any atom is 0.237 e. The number of para-hydroxylation sites is 1. The highest BCUT2D eigenvalue weighted by Gasteiger charge is 2.16. The number of thioether (sulfide) groups is 1. The summed E-state index contributed by atoms with van der Waals surface area (Å²) in [6, 6.07) is 16.2. The summed E-state index contributed by atoms with van der Waals surface area (Å²) in [5, 5.41) is 14.2. The molecule has 2 N–H and O–H groups in total. The van der Waals surface area contributed by atoms with Crippen molar-refractivity contribution in [1.82, 2.24) is 0 Å². The van der Waals surface area contributed by atoms with Gasteiger partial charge in [-0.15, -0.1) is 11.8 Å². The predicted molar refractivity (Wildman–Crippen MR) is 95.9 cm³/mol. The first-order chi connectivity index (χ1) is 11.5. The average Bonchev–Trinajstić information content (AvgIpc) is 2.56. The zero-order valence-corrected chi connectivity index (χ0v) is 14.2. The Balaban J connectivity index is 1.99. The number of nitrogens with zero attached hydrogens (tertiary/aromatic N) is 1. The molecule has 2 aromatic rings. The van der Waals surface area contributed by atoms with Gasteiger partial charge in [-0.1, -0.05) is 12.1 Å². The van der Waals surface area contributed by atoms with Gasteiger partial charge in [0.25, 0.3) is 0 Å². The van der Waals surface area contributed by atoms with Crippen LogP contribution in [0.4, 0.5) is 11.4 Å². The number of amides is 2. The maximum atomic E-state index is 12.3. The van der Waals surface area contributed by atoms with Crippen LogP contribution in [-0.4, -0.2) is 17.1 Å². The summed E-state index contributed by atoms with van der Waals surface area (Å²) >= 11 is 1.40. The first-order valence-electron chi connectivity index (χ1n) is 7.34. The van der Waals surface area contributed by atoms with Crippen LogP contribution in [0.1, 0.15) is 19.4 Å². The van der Waals surface area contributed by atoms with E-state index in [1.54, 1.807) is 43.3 Å². The minimum atomic E-state index is -0.330. The molecule has 2 rings (SSSR count). The lowest BCUT2D eigenvalue weighted by atomic mass is 10.2. The van der Waals surface area contributed by atoms with Crippen molar-refractivity contribution >= 4 is 35.0 Å². The summed E-state index contributed by atoms with van der Waals surface area (Å²) in [5.41, 5.74) is 1.66. The molecule has 0 radical (unpaired) electrons. The molecule has 0 spiro atoms. The van der Waals surface area contributed by atoms with Gasteiger partial charge < -0.3 is 10.6 Å². The number of carbonyl (C=O) groups excluding carboxylic acids is 2. The fourth-order valence-electron chi connectivity index (χ4n) is 2.00. The molecule has 122 valence electrons. The maximum absolute atomic E-state index is 12.3. The standard InChI is InChI=1S/C18H17N3O2S/c1-12(18(23)21-17-6-4-3-5-14(17)11-19)24-16-9-7-15(8-10-16)20-13(2)22/h3-10,12H,1-2H3,(H,20,22)(H,21,23). The zero-order valence-electron chi connectivity index (χ0n) is 13.4. The van der Waals surface area contributed by atoms with Gasteiger partial charge in [0.05, 0.1) is 16.5 Å². The third-order valence-corrected chi connectivity index (χ3v) is 4.27. The Morgan fingerprint density at radius 2 is 1.75 bits per heavy atom. The van der Waals surface area contributed by atoms with E-state index in [0.717, 1.165) is 4.90 Å². The third kappa shape index (κ3) is 4.86. The second-order valence-electron chi connectivity index (χ2n) is 5.11. The number of hydrogen-bond donors (Lipinski definition) is 2. The van der Waals surface area contributed by atoms with Crippen molar-refractivity contribution in [2.75, 3.05) is 10.6 Å². The van der Waals surface area contributed by atoms with Crippen molar-refractivity contribution in [2.45, 2.75) is 24.0 Å². The van der Waals surface area contributed by atoms with E-state index in [-0.39, 0.29) is 17.1 Å². The Hall–Kier alpha value is -2.78. The van der Waals surface area contributed by atoms with Crippen molar-refractivity contribution < 1.29 is 9.59 Å². The number of nitrogens with one attached hydrogen (secondary N) is 2. The molecule has 0 aromatic heterocycles. The lowest BCUT2D eigenvalue weighted by molar-refractivity contribution is -0.115. The Morgan fingerprint density at radius 1 is 1.08 bits per heavy atom. The quantitative estimate of drug-likeness (QED) is 0.815. The molecule has 24 heavy (non-hydrogen) atoms. The number of anilines is 2. The van der Waals surface area contributed by atoms with Crippen LogP contribution in [0.15, 0.2) is 53.4 Å². The van der Waals surface area contributed by atoms with Crippen molar-refractivity contribution in [2.24, 2.45) is 0 Å². The highest BCUT2D eigenvalue weighted by Crippen LogP contribution is 2.26. The van der Waals surface area contributed by atoms with Crippen LogP contribution in [-0.2, 0) is 9.59 Å². The van der Waals surface area contributed by atoms with Crippen molar-refractivity contribution in [1.29, 1.82) is 5.26 Å². The Morgan fingerprint density at radius 3 is 2.38 bits per heavy atom. The molecule has 0 heterocycles. The van der Waals surface area contributed by atoms with Gasteiger partial charge in [-0.25, -0.2) is 0 Å². The Labute approximate surface area is 145 Å². The molecule has 0 aliphatic carbocycles. The zero-order chi connectivity index (χ0) is 17.5. The number of rotatable bonds is 5. The van der Waals surface area contributed by atoms with Gasteiger partial charge in [0, 0.05) is 17.5 Å². The Bertz CT molecular complexity index is 782. The van der Waals surface area contributed by atoms with Crippen LogP contribution in [0.3, 0.4) is 0 Å². The van der Waals surface area contributed by atoms with E-state index in [4.69, 9.17) is 5.26 Å². The van der Waals surface area contributed by atoms with E-state index in [1.165, 1.54) is 18.7 Å². The first kappa shape index (κ1) is 17.6. The minimum Gasteiger partial charge on any atom is -0.326 e. The van der Waals surface area contributed by atoms with E-state index in [0.29, 0.717) is 16.9 Å². The summed E-state index contributed by atoms with van der Waals surface area (Å²) in [4.78, 5) is 24.2. The summed E-state index contributed by atoms with van der Waals surface area (Å²) in [7, 11) is 0. The van der Waals surface area contributed by atoms with Crippen molar-refractivity contribution in [3.8, 4) is 6.07 Å². The molecule has 0 saturated heterocycles. The molecule has 0 saturated carbocycles. The molecule has 6 heteroatoms. The van der Waals surface area contributed by atoms with Crippen LogP contribution in [0.2, 0.25) is 0 Å². The van der Waals surface area contributed by atoms with E-state index in [9.17, 15) is 9.59 Å². The molecule has 0 fully saturated rings. The van der Waals surface area contributed by atoms with Gasteiger partial charge in [-0.05, 0) is 43.3 Å². The fraction of sp³-hybridized carbons (Fsp3) is 0.167. The summed E-state index contributed by atoms with van der Waals surface area (Å²) in [6.45, 7) is 3.25. The largest absolute Gasteiger partial charge is 0.326 e. The number of hydrogen-bond acceptors (Lipinski definition) is 4.